The fourth-order valence-corrected chi connectivity index (χ4v) is 4.30. The molecule has 1 heterocycles. The van der Waals surface area contributed by atoms with E-state index in [1.54, 1.807) is 12.1 Å². The molecule has 1 aromatic heterocycles. The van der Waals surface area contributed by atoms with Crippen LogP contribution < -0.4 is 10.6 Å². The number of benzene rings is 2. The van der Waals surface area contributed by atoms with Crippen LogP contribution >= 0.6 is 11.8 Å². The number of hydrogen-bond donors (Lipinski definition) is 2. The van der Waals surface area contributed by atoms with E-state index in [4.69, 9.17) is 0 Å². The van der Waals surface area contributed by atoms with Crippen LogP contribution in [-0.2, 0) is 17.5 Å². The Morgan fingerprint density at radius 2 is 1.78 bits per heavy atom. The Morgan fingerprint density at radius 3 is 2.39 bits per heavy atom. The highest BCUT2D eigenvalue weighted by Gasteiger charge is 2.30. The standard InChI is InChI=1S/C25H28F3N5O2S/c1-5-33-22(21(15(2)3)30-23(35)17-11-9-16(4)10-12-17)31-32-24(33)36-14-20(34)29-19-8-6-7-18(13-19)25(26,27)28/h6-13,15,21H,5,14H2,1-4H3,(H,29,34)(H,30,35)/t21-/m1/s1. The molecule has 1 atom stereocenters. The SMILES string of the molecule is CCn1c(SCC(=O)Nc2cccc(C(F)(F)F)c2)nnc1[C@H](NC(=O)c1ccc(C)cc1)C(C)C. The summed E-state index contributed by atoms with van der Waals surface area (Å²) in [5, 5.41) is 14.5. The number of carbonyl (C=O) groups is 2. The van der Waals surface area contributed by atoms with Gasteiger partial charge in [-0.05, 0) is 50.1 Å². The van der Waals surface area contributed by atoms with Gasteiger partial charge in [0, 0.05) is 17.8 Å². The quantitative estimate of drug-likeness (QED) is 0.366. The Kier molecular flexibility index (Phi) is 8.78. The highest BCUT2D eigenvalue weighted by Crippen LogP contribution is 2.31. The van der Waals surface area contributed by atoms with Crippen LogP contribution in [0.1, 0.15) is 54.1 Å². The van der Waals surface area contributed by atoms with Gasteiger partial charge in [0.15, 0.2) is 11.0 Å². The van der Waals surface area contributed by atoms with Crippen LogP contribution in [-0.4, -0.2) is 32.3 Å². The van der Waals surface area contributed by atoms with Gasteiger partial charge in [0.1, 0.15) is 0 Å². The molecule has 0 spiro atoms. The van der Waals surface area contributed by atoms with Crippen molar-refractivity contribution in [2.75, 3.05) is 11.1 Å². The van der Waals surface area contributed by atoms with Gasteiger partial charge < -0.3 is 15.2 Å². The first-order valence-electron chi connectivity index (χ1n) is 11.4. The summed E-state index contributed by atoms with van der Waals surface area (Å²) in [6, 6.07) is 11.3. The zero-order chi connectivity index (χ0) is 26.5. The van der Waals surface area contributed by atoms with E-state index < -0.39 is 23.7 Å². The van der Waals surface area contributed by atoms with Crippen molar-refractivity contribution in [3.63, 3.8) is 0 Å². The zero-order valence-corrected chi connectivity index (χ0v) is 21.2. The second-order valence-corrected chi connectivity index (χ2v) is 9.50. The molecule has 36 heavy (non-hydrogen) atoms. The minimum absolute atomic E-state index is 0.0101. The highest BCUT2D eigenvalue weighted by molar-refractivity contribution is 7.99. The summed E-state index contributed by atoms with van der Waals surface area (Å²) in [7, 11) is 0. The Hall–Kier alpha value is -3.34. The average molecular weight is 520 g/mol. The third-order valence-corrected chi connectivity index (χ3v) is 6.38. The molecule has 11 heteroatoms. The summed E-state index contributed by atoms with van der Waals surface area (Å²) >= 11 is 1.12. The first-order valence-corrected chi connectivity index (χ1v) is 12.4. The van der Waals surface area contributed by atoms with Gasteiger partial charge in [-0.1, -0.05) is 49.4 Å². The van der Waals surface area contributed by atoms with Crippen LogP contribution in [0.5, 0.6) is 0 Å². The lowest BCUT2D eigenvalue weighted by molar-refractivity contribution is -0.137. The predicted molar refractivity (Wildman–Crippen MR) is 133 cm³/mol. The number of hydrogen-bond acceptors (Lipinski definition) is 5. The van der Waals surface area contributed by atoms with Crippen LogP contribution in [0.4, 0.5) is 18.9 Å². The molecule has 0 aliphatic heterocycles. The Morgan fingerprint density at radius 1 is 1.08 bits per heavy atom. The normalized spacial score (nSPS) is 12.4. The first kappa shape index (κ1) is 27.3. The van der Waals surface area contributed by atoms with Crippen molar-refractivity contribution in [2.45, 2.75) is 51.6 Å². The lowest BCUT2D eigenvalue weighted by Gasteiger charge is -2.22. The van der Waals surface area contributed by atoms with E-state index in [1.807, 2.05) is 44.4 Å². The molecule has 7 nitrogen and oxygen atoms in total. The number of halogens is 3. The van der Waals surface area contributed by atoms with Gasteiger partial charge in [-0.3, -0.25) is 9.59 Å². The number of alkyl halides is 3. The van der Waals surface area contributed by atoms with E-state index in [1.165, 1.54) is 12.1 Å². The van der Waals surface area contributed by atoms with Gasteiger partial charge in [-0.15, -0.1) is 10.2 Å². The smallest absolute Gasteiger partial charge is 0.342 e. The van der Waals surface area contributed by atoms with E-state index in [2.05, 4.69) is 20.8 Å². The Labute approximate surface area is 211 Å². The number of nitrogens with zero attached hydrogens (tertiary/aromatic N) is 3. The molecule has 2 aromatic carbocycles. The monoisotopic (exact) mass is 519 g/mol. The molecule has 0 aliphatic carbocycles. The molecular weight excluding hydrogens is 491 g/mol. The molecule has 0 saturated heterocycles. The molecule has 192 valence electrons. The third-order valence-electron chi connectivity index (χ3n) is 5.41. The van der Waals surface area contributed by atoms with Gasteiger partial charge in [0.25, 0.3) is 5.91 Å². The van der Waals surface area contributed by atoms with E-state index in [-0.39, 0.29) is 23.3 Å². The van der Waals surface area contributed by atoms with Crippen molar-refractivity contribution in [1.82, 2.24) is 20.1 Å². The fraction of sp³-hybridized carbons (Fsp3) is 0.360. The van der Waals surface area contributed by atoms with Gasteiger partial charge in [-0.2, -0.15) is 13.2 Å². The van der Waals surface area contributed by atoms with E-state index in [0.717, 1.165) is 29.5 Å². The predicted octanol–water partition coefficient (Wildman–Crippen LogP) is 5.48. The molecular formula is C25H28F3N5O2S. The highest BCUT2D eigenvalue weighted by atomic mass is 32.2. The number of amides is 2. The van der Waals surface area contributed by atoms with Crippen molar-refractivity contribution in [1.29, 1.82) is 0 Å². The van der Waals surface area contributed by atoms with Crippen LogP contribution in [0.15, 0.2) is 53.7 Å². The van der Waals surface area contributed by atoms with Crippen molar-refractivity contribution in [3.05, 3.63) is 71.0 Å². The van der Waals surface area contributed by atoms with Gasteiger partial charge in [0.05, 0.1) is 17.4 Å². The third kappa shape index (κ3) is 6.87. The maximum Gasteiger partial charge on any atom is 0.416 e. The summed E-state index contributed by atoms with van der Waals surface area (Å²) in [4.78, 5) is 25.2. The van der Waals surface area contributed by atoms with Crippen LogP contribution in [0.2, 0.25) is 0 Å². The number of aryl methyl sites for hydroxylation is 1. The van der Waals surface area contributed by atoms with Gasteiger partial charge in [0.2, 0.25) is 5.91 Å². The number of thioether (sulfide) groups is 1. The number of rotatable bonds is 9. The summed E-state index contributed by atoms with van der Waals surface area (Å²) in [5.74, 6) is -0.200. The fourth-order valence-electron chi connectivity index (χ4n) is 3.49. The Bertz CT molecular complexity index is 1210. The van der Waals surface area contributed by atoms with E-state index in [9.17, 15) is 22.8 Å². The van der Waals surface area contributed by atoms with Crippen molar-refractivity contribution >= 4 is 29.3 Å². The van der Waals surface area contributed by atoms with Gasteiger partial charge >= 0.3 is 6.18 Å². The molecule has 0 unspecified atom stereocenters. The molecule has 2 N–H and O–H groups in total. The maximum atomic E-state index is 12.9. The van der Waals surface area contributed by atoms with E-state index in [0.29, 0.717) is 23.1 Å². The minimum Gasteiger partial charge on any atom is -0.342 e. The molecule has 2 amide bonds. The van der Waals surface area contributed by atoms with Crippen molar-refractivity contribution < 1.29 is 22.8 Å². The summed E-state index contributed by atoms with van der Waals surface area (Å²) in [5.41, 5.74) is 0.814. The van der Waals surface area contributed by atoms with Crippen molar-refractivity contribution in [3.8, 4) is 0 Å². The van der Waals surface area contributed by atoms with Crippen molar-refractivity contribution in [2.24, 2.45) is 5.92 Å². The van der Waals surface area contributed by atoms with Crippen LogP contribution in [0, 0.1) is 12.8 Å². The number of anilines is 1. The summed E-state index contributed by atoms with van der Waals surface area (Å²) in [6.45, 7) is 8.28. The zero-order valence-electron chi connectivity index (χ0n) is 20.4. The lowest BCUT2D eigenvalue weighted by atomic mass is 10.0. The van der Waals surface area contributed by atoms with Gasteiger partial charge in [-0.25, -0.2) is 0 Å². The maximum absolute atomic E-state index is 12.9. The van der Waals surface area contributed by atoms with E-state index >= 15 is 0 Å². The second kappa shape index (κ2) is 11.6. The largest absolute Gasteiger partial charge is 0.416 e. The average Bonchev–Trinajstić information content (AvgIpc) is 3.23. The topological polar surface area (TPSA) is 88.9 Å². The number of nitrogens with one attached hydrogen (secondary N) is 2. The minimum atomic E-state index is -4.49. The van der Waals surface area contributed by atoms with Crippen LogP contribution in [0.3, 0.4) is 0 Å². The number of aromatic nitrogens is 3. The molecule has 3 rings (SSSR count). The number of carbonyl (C=O) groups excluding carboxylic acids is 2. The summed E-state index contributed by atoms with van der Waals surface area (Å²) in [6.07, 6.45) is -4.49. The molecule has 0 radical (unpaired) electrons. The second-order valence-electron chi connectivity index (χ2n) is 8.56. The molecule has 0 saturated carbocycles. The Balaban J connectivity index is 1.70. The summed E-state index contributed by atoms with van der Waals surface area (Å²) < 4.78 is 40.6. The molecule has 3 aromatic rings. The molecule has 0 fully saturated rings. The van der Waals surface area contributed by atoms with Crippen LogP contribution in [0.25, 0.3) is 0 Å². The molecule has 0 bridgehead atoms. The molecule has 0 aliphatic rings. The first-order chi connectivity index (χ1) is 17.0. The lowest BCUT2D eigenvalue weighted by Crippen LogP contribution is -2.33.